The third-order valence-corrected chi connectivity index (χ3v) is 3.83. The van der Waals surface area contributed by atoms with Gasteiger partial charge in [0.05, 0.1) is 0 Å². The Morgan fingerprint density at radius 3 is 0.162 bits per heavy atom. The average Bonchev–Trinajstić information content (AvgIpc) is 2.75. The van der Waals surface area contributed by atoms with Gasteiger partial charge in [0.1, 0.15) is 0 Å². The van der Waals surface area contributed by atoms with E-state index in [1.807, 2.05) is 0 Å². The fourth-order valence-electron chi connectivity index (χ4n) is 0.351. The van der Waals surface area contributed by atoms with Gasteiger partial charge in [0, 0.05) is 0 Å². The first kappa shape index (κ1) is 193. The minimum absolute atomic E-state index is 0. The fraction of sp³-hybridized carbons (Fsp3) is 0. The summed E-state index contributed by atoms with van der Waals surface area (Å²) in [5.74, 6) is 0. The molecule has 0 aromatic carbocycles. The third kappa shape index (κ3) is 250. The predicted octanol–water partition coefficient (Wildman–Crippen LogP) is -79.2. The molecule has 0 aliphatic heterocycles. The van der Waals surface area contributed by atoms with Crippen LogP contribution in [0, 0.1) is 0 Å². The Morgan fingerprint density at radius 1 is 0.122 bits per heavy atom. The Kier molecular flexibility index (Phi) is 261. The molecule has 0 spiro atoms. The summed E-state index contributed by atoms with van der Waals surface area (Å²) in [7, 11) is -50.2. The molecule has 0 aliphatic rings. The maximum atomic E-state index is 9.51. The molecule has 40 nitrogen and oxygen atoms in total. The van der Waals surface area contributed by atoms with E-state index in [1.54, 1.807) is 0 Å². The van der Waals surface area contributed by atoms with Crippen LogP contribution < -0.4 is 709 Å². The van der Waals surface area contributed by atoms with Crippen LogP contribution in [0.25, 0.3) is 0 Å². The molecule has 0 rings (SSSR count). The van der Waals surface area contributed by atoms with Crippen LogP contribution in [0.4, 0.5) is 0 Å². The summed E-state index contributed by atoms with van der Waals surface area (Å²) < 4.78 is 294. The summed E-state index contributed by atoms with van der Waals surface area (Å²) in [6.45, 7) is 0. The van der Waals surface area contributed by atoms with Crippen molar-refractivity contribution in [2.45, 2.75) is 0 Å². The normalized spacial score (nSPS) is 9.05. The summed E-state index contributed by atoms with van der Waals surface area (Å²) in [5, 5.41) is 0. The molecule has 0 bridgehead atoms. The van der Waals surface area contributed by atoms with Crippen LogP contribution in [0.3, 0.4) is 0 Å². The smallest absolute Gasteiger partial charge is 0.262 e. The average molecular weight is 1520 g/mol. The Morgan fingerprint density at radius 2 is 0.149 bits per heavy atom. The van der Waals surface area contributed by atoms with Gasteiger partial charge in [-0.1, -0.05) is 43.3 Å². The molecule has 0 radical (unpaired) electrons. The zero-order valence-electron chi connectivity index (χ0n) is 44.8. The zero-order chi connectivity index (χ0) is 42.1. The van der Waals surface area contributed by atoms with Crippen molar-refractivity contribution >= 4 is 104 Å². The summed E-state index contributed by atoms with van der Waals surface area (Å²) >= 11 is 0. The standard InChI is InChI=1S/24Na.5H2O8S2/c;;;;;;;;;;;;;;;;;;;;;;;;5*1-9(2,3)7-8-10(4,5)6/h;;;;;;;;;;;;;;;;;;;;;;;;5*(H,1,2,3)(H,4,5,6)/q24*+1;;;;;. The van der Waals surface area contributed by atoms with E-state index >= 15 is 0 Å². The Bertz CT molecular complexity index is 1650. The van der Waals surface area contributed by atoms with E-state index < -0.39 is 104 Å². The zero-order valence-corrected chi connectivity index (χ0v) is 101. The minimum Gasteiger partial charge on any atom is -0.262 e. The van der Waals surface area contributed by atoms with E-state index in [1.165, 1.54) is 0 Å². The van der Waals surface area contributed by atoms with Crippen molar-refractivity contribution in [2.75, 3.05) is 0 Å². The summed E-state index contributed by atoms with van der Waals surface area (Å²) in [6, 6.07) is 0. The first-order chi connectivity index (χ1) is 21.0. The molecule has 0 fully saturated rings. The van der Waals surface area contributed by atoms with E-state index in [0.29, 0.717) is 0 Å². The van der Waals surface area contributed by atoms with Gasteiger partial charge in [-0.3, -0.25) is 45.5 Å². The quantitative estimate of drug-likeness (QED) is 0.0315. The molecule has 0 aromatic heterocycles. The van der Waals surface area contributed by atoms with Crippen LogP contribution in [0.15, 0.2) is 0 Å². The largest absolute Gasteiger partial charge is 1.00 e. The molecular formula is H10Na24O40S10+24. The second kappa shape index (κ2) is 99.9. The van der Waals surface area contributed by atoms with E-state index in [-0.39, 0.29) is 709 Å². The Labute approximate surface area is 957 Å². The van der Waals surface area contributed by atoms with Gasteiger partial charge in [0.2, 0.25) is 0 Å². The van der Waals surface area contributed by atoms with Crippen LogP contribution >= 0.6 is 0 Å². The van der Waals surface area contributed by atoms with Crippen LogP contribution in [-0.2, 0) is 147 Å². The van der Waals surface area contributed by atoms with Gasteiger partial charge in [0.15, 0.2) is 0 Å². The molecule has 0 aromatic rings. The van der Waals surface area contributed by atoms with Crippen molar-refractivity contribution in [1.29, 1.82) is 0 Å². The number of hydrogen-bond donors (Lipinski definition) is 10. The van der Waals surface area contributed by atoms with Gasteiger partial charge < -0.3 is 0 Å². The van der Waals surface area contributed by atoms with E-state index in [9.17, 15) is 84.2 Å². The monoisotopic (exact) mass is 1520 g/mol. The van der Waals surface area contributed by atoms with Crippen molar-refractivity contribution in [2.24, 2.45) is 0 Å². The Hall–Kier alpha value is 22.7. The maximum Gasteiger partial charge on any atom is 1.00 e. The maximum absolute atomic E-state index is 9.51. The first-order valence-electron chi connectivity index (χ1n) is 7.66. The topological polar surface area (TPSA) is 636 Å². The summed E-state index contributed by atoms with van der Waals surface area (Å²) in [5.41, 5.74) is 0. The second-order valence-corrected chi connectivity index (χ2v) is 14.9. The number of rotatable bonds is 15. The predicted molar refractivity (Wildman–Crippen MR) is 126 cm³/mol. The van der Waals surface area contributed by atoms with Crippen LogP contribution in [0.5, 0.6) is 0 Å². The minimum atomic E-state index is -5.02. The molecule has 0 saturated carbocycles. The molecule has 0 saturated heterocycles. The van der Waals surface area contributed by atoms with Gasteiger partial charge in [-0.25, -0.2) is 0 Å². The van der Waals surface area contributed by atoms with Crippen molar-refractivity contribution < 1.29 is 882 Å². The fourth-order valence-corrected chi connectivity index (χ4v) is 3.16. The summed E-state index contributed by atoms with van der Waals surface area (Å²) in [4.78, 5) is 0. The molecule has 310 valence electrons. The van der Waals surface area contributed by atoms with Gasteiger partial charge in [-0.15, -0.1) is 0 Å². The summed E-state index contributed by atoms with van der Waals surface area (Å²) in [6.07, 6.45) is 0. The van der Waals surface area contributed by atoms with Gasteiger partial charge in [0.25, 0.3) is 0 Å². The molecule has 0 unspecified atom stereocenters. The van der Waals surface area contributed by atoms with Crippen molar-refractivity contribution in [3.63, 3.8) is 0 Å². The molecule has 74 heavy (non-hydrogen) atoms. The molecule has 0 atom stereocenters. The van der Waals surface area contributed by atoms with E-state index in [4.69, 9.17) is 45.5 Å². The van der Waals surface area contributed by atoms with Crippen molar-refractivity contribution in [1.82, 2.24) is 0 Å². The molecule has 0 aliphatic carbocycles. The van der Waals surface area contributed by atoms with Crippen LogP contribution in [0.2, 0.25) is 0 Å². The molecule has 74 heteroatoms. The number of hydrogen-bond acceptors (Lipinski definition) is 30. The van der Waals surface area contributed by atoms with Crippen LogP contribution in [0.1, 0.15) is 0 Å². The molecular weight excluding hydrogens is 1510 g/mol. The van der Waals surface area contributed by atoms with E-state index in [2.05, 4.69) is 43.3 Å². The Balaban J connectivity index is -0.0000000117. The first-order valence-corrected chi connectivity index (χ1v) is 21.3. The van der Waals surface area contributed by atoms with Gasteiger partial charge >= 0.3 is 813 Å². The van der Waals surface area contributed by atoms with Crippen LogP contribution in [-0.4, -0.2) is 130 Å². The van der Waals surface area contributed by atoms with Crippen molar-refractivity contribution in [3.05, 3.63) is 0 Å². The molecule has 0 amide bonds. The molecule has 0 heterocycles. The molecule has 10 N–H and O–H groups in total. The van der Waals surface area contributed by atoms with Gasteiger partial charge in [-0.2, -0.15) is 84.2 Å². The SMILES string of the molecule is O=S(=O)(O)OOS(=O)(=O)O.O=S(=O)(O)OOS(=O)(=O)O.O=S(=O)(O)OOS(=O)(=O)O.O=S(=O)(O)OOS(=O)(=O)O.O=S(=O)(O)OOS(=O)(=O)O.[Na+].[Na+].[Na+].[Na+].[Na+].[Na+].[Na+].[Na+].[Na+].[Na+].[Na+].[Na+].[Na+].[Na+].[Na+].[Na+].[Na+].[Na+].[Na+].[Na+].[Na+].[Na+].[Na+].[Na+]. The van der Waals surface area contributed by atoms with Gasteiger partial charge in [-0.05, 0) is 0 Å². The van der Waals surface area contributed by atoms with Crippen molar-refractivity contribution in [3.8, 4) is 0 Å². The second-order valence-electron chi connectivity index (χ2n) is 4.96. The van der Waals surface area contributed by atoms with E-state index in [0.717, 1.165) is 0 Å². The third-order valence-electron chi connectivity index (χ3n) is 0.999.